The van der Waals surface area contributed by atoms with Crippen molar-refractivity contribution in [2.75, 3.05) is 13.7 Å². The van der Waals surface area contributed by atoms with E-state index in [2.05, 4.69) is 54.0 Å². The van der Waals surface area contributed by atoms with Crippen molar-refractivity contribution >= 4 is 15.9 Å². The largest absolute Gasteiger partial charge is 0.377 e. The molecule has 5 heteroatoms. The maximum Gasteiger partial charge on any atom is 0.0778 e. The maximum atomic E-state index is 5.67. The molecule has 0 radical (unpaired) electrons. The van der Waals surface area contributed by atoms with Gasteiger partial charge in [-0.1, -0.05) is 13.8 Å². The van der Waals surface area contributed by atoms with E-state index in [1.165, 1.54) is 5.69 Å². The van der Waals surface area contributed by atoms with Crippen LogP contribution in [0.5, 0.6) is 0 Å². The predicted molar refractivity (Wildman–Crippen MR) is 87.2 cm³/mol. The average Bonchev–Trinajstić information content (AvgIpc) is 2.69. The van der Waals surface area contributed by atoms with Gasteiger partial charge in [0.1, 0.15) is 0 Å². The molecule has 0 saturated carbocycles. The molecule has 1 atom stereocenters. The normalized spacial score (nSPS) is 13.8. The number of nitrogens with one attached hydrogen (secondary N) is 1. The standard InChI is InChI=1S/C15H28BrN3O/c1-7-9-17-13(15(3,4)20-6)10-12-14(16)11(8-2)18-19(12)5/h13,17H,7-10H2,1-6H3. The second-order valence-corrected chi connectivity index (χ2v) is 6.50. The van der Waals surface area contributed by atoms with Gasteiger partial charge in [0, 0.05) is 26.6 Å². The van der Waals surface area contributed by atoms with Gasteiger partial charge in [-0.05, 0) is 49.2 Å². The average molecular weight is 346 g/mol. The number of methoxy groups -OCH3 is 1. The molecule has 1 unspecified atom stereocenters. The van der Waals surface area contributed by atoms with Crippen molar-refractivity contribution in [3.8, 4) is 0 Å². The number of halogens is 1. The smallest absolute Gasteiger partial charge is 0.0778 e. The van der Waals surface area contributed by atoms with Crippen LogP contribution in [0.4, 0.5) is 0 Å². The first-order chi connectivity index (χ1) is 9.37. The highest BCUT2D eigenvalue weighted by Gasteiger charge is 2.30. The Labute approximate surface area is 131 Å². The lowest BCUT2D eigenvalue weighted by Gasteiger charge is -2.34. The minimum atomic E-state index is -0.217. The molecule has 116 valence electrons. The van der Waals surface area contributed by atoms with Gasteiger partial charge < -0.3 is 10.1 Å². The summed E-state index contributed by atoms with van der Waals surface area (Å²) in [7, 11) is 3.78. The van der Waals surface area contributed by atoms with Crippen LogP contribution in [0.3, 0.4) is 0 Å². The Morgan fingerprint density at radius 3 is 2.50 bits per heavy atom. The van der Waals surface area contributed by atoms with Crippen LogP contribution in [0, 0.1) is 0 Å². The quantitative estimate of drug-likeness (QED) is 0.786. The molecule has 0 amide bonds. The van der Waals surface area contributed by atoms with Gasteiger partial charge >= 0.3 is 0 Å². The van der Waals surface area contributed by atoms with Gasteiger partial charge in [-0.3, -0.25) is 4.68 Å². The molecule has 1 rings (SSSR count). The van der Waals surface area contributed by atoms with Gasteiger partial charge in [-0.2, -0.15) is 5.10 Å². The summed E-state index contributed by atoms with van der Waals surface area (Å²) in [5.41, 5.74) is 2.12. The summed E-state index contributed by atoms with van der Waals surface area (Å²) < 4.78 is 8.79. The van der Waals surface area contributed by atoms with Gasteiger partial charge in [-0.15, -0.1) is 0 Å². The van der Waals surface area contributed by atoms with Crippen LogP contribution in [0.25, 0.3) is 0 Å². The van der Waals surface area contributed by atoms with E-state index >= 15 is 0 Å². The van der Waals surface area contributed by atoms with Crippen LogP contribution < -0.4 is 5.32 Å². The Hall–Kier alpha value is -0.390. The molecule has 0 aliphatic rings. The van der Waals surface area contributed by atoms with Crippen molar-refractivity contribution in [1.82, 2.24) is 15.1 Å². The van der Waals surface area contributed by atoms with Gasteiger partial charge in [0.2, 0.25) is 0 Å². The van der Waals surface area contributed by atoms with Crippen molar-refractivity contribution in [3.63, 3.8) is 0 Å². The summed E-state index contributed by atoms with van der Waals surface area (Å²) in [6.07, 6.45) is 2.95. The fraction of sp³-hybridized carbons (Fsp3) is 0.800. The second kappa shape index (κ2) is 7.57. The number of ether oxygens (including phenoxy) is 1. The van der Waals surface area contributed by atoms with Crippen molar-refractivity contribution < 1.29 is 4.74 Å². The molecule has 4 nitrogen and oxygen atoms in total. The molecule has 0 fully saturated rings. The summed E-state index contributed by atoms with van der Waals surface area (Å²) in [5, 5.41) is 8.17. The van der Waals surface area contributed by atoms with Gasteiger partial charge in [0.25, 0.3) is 0 Å². The summed E-state index contributed by atoms with van der Waals surface area (Å²) >= 11 is 3.70. The molecule has 1 aromatic heterocycles. The maximum absolute atomic E-state index is 5.67. The zero-order chi connectivity index (χ0) is 15.3. The Balaban J connectivity index is 2.97. The molecule has 0 saturated heterocycles. The lowest BCUT2D eigenvalue weighted by atomic mass is 9.93. The topological polar surface area (TPSA) is 39.1 Å². The van der Waals surface area contributed by atoms with Crippen LogP contribution >= 0.6 is 15.9 Å². The van der Waals surface area contributed by atoms with Gasteiger partial charge in [0.05, 0.1) is 21.5 Å². The fourth-order valence-electron chi connectivity index (χ4n) is 2.26. The van der Waals surface area contributed by atoms with Crippen LogP contribution in [0.1, 0.15) is 45.5 Å². The first kappa shape index (κ1) is 17.7. The van der Waals surface area contributed by atoms with Crippen molar-refractivity contribution in [2.45, 2.75) is 58.6 Å². The summed E-state index contributed by atoms with van der Waals surface area (Å²) in [5.74, 6) is 0. The van der Waals surface area contributed by atoms with Crippen molar-refractivity contribution in [2.24, 2.45) is 7.05 Å². The zero-order valence-corrected chi connectivity index (χ0v) is 15.2. The monoisotopic (exact) mass is 345 g/mol. The molecule has 0 bridgehead atoms. The van der Waals surface area contributed by atoms with E-state index in [9.17, 15) is 0 Å². The SMILES string of the molecule is CCCNC(Cc1c(Br)c(CC)nn1C)C(C)(C)OC. The first-order valence-electron chi connectivity index (χ1n) is 7.36. The highest BCUT2D eigenvalue weighted by atomic mass is 79.9. The van der Waals surface area contributed by atoms with E-state index in [-0.39, 0.29) is 11.6 Å². The molecule has 1 heterocycles. The molecule has 0 spiro atoms. The van der Waals surface area contributed by atoms with Gasteiger partial charge in [-0.25, -0.2) is 0 Å². The van der Waals surface area contributed by atoms with Crippen LogP contribution in [0.2, 0.25) is 0 Å². The number of hydrogen-bond donors (Lipinski definition) is 1. The van der Waals surface area contributed by atoms with E-state index in [1.807, 2.05) is 11.7 Å². The predicted octanol–water partition coefficient (Wildman–Crippen LogP) is 3.08. The molecule has 0 aliphatic heterocycles. The number of nitrogens with zero attached hydrogens (tertiary/aromatic N) is 2. The molecule has 1 aromatic rings. The summed E-state index contributed by atoms with van der Waals surface area (Å²) in [6, 6.07) is 0.254. The summed E-state index contributed by atoms with van der Waals surface area (Å²) in [6.45, 7) is 9.56. The lowest BCUT2D eigenvalue weighted by Crippen LogP contribution is -2.50. The van der Waals surface area contributed by atoms with Crippen LogP contribution in [0.15, 0.2) is 4.47 Å². The number of aryl methyl sites for hydroxylation is 2. The third-order valence-electron chi connectivity index (χ3n) is 3.91. The molecular formula is C15H28BrN3O. The fourth-order valence-corrected chi connectivity index (χ4v) is 3.04. The van der Waals surface area contributed by atoms with E-state index in [4.69, 9.17) is 4.74 Å². The molecule has 1 N–H and O–H groups in total. The first-order valence-corrected chi connectivity index (χ1v) is 8.15. The molecule has 0 aliphatic carbocycles. The van der Waals surface area contributed by atoms with E-state index in [0.717, 1.165) is 36.0 Å². The molecular weight excluding hydrogens is 318 g/mol. The van der Waals surface area contributed by atoms with Crippen molar-refractivity contribution in [3.05, 3.63) is 15.9 Å². The minimum Gasteiger partial charge on any atom is -0.377 e. The zero-order valence-electron chi connectivity index (χ0n) is 13.6. The second-order valence-electron chi connectivity index (χ2n) is 5.70. The number of aromatic nitrogens is 2. The highest BCUT2D eigenvalue weighted by molar-refractivity contribution is 9.10. The van der Waals surface area contributed by atoms with E-state index < -0.39 is 0 Å². The third-order valence-corrected chi connectivity index (χ3v) is 4.82. The Morgan fingerprint density at radius 2 is 2.05 bits per heavy atom. The van der Waals surface area contributed by atoms with Crippen molar-refractivity contribution in [1.29, 1.82) is 0 Å². The number of hydrogen-bond acceptors (Lipinski definition) is 3. The molecule has 20 heavy (non-hydrogen) atoms. The highest BCUT2D eigenvalue weighted by Crippen LogP contribution is 2.26. The Bertz CT molecular complexity index is 429. The lowest BCUT2D eigenvalue weighted by molar-refractivity contribution is -0.0105. The van der Waals surface area contributed by atoms with E-state index in [1.54, 1.807) is 7.11 Å². The minimum absolute atomic E-state index is 0.217. The number of rotatable bonds is 8. The van der Waals surface area contributed by atoms with Crippen LogP contribution in [-0.4, -0.2) is 35.1 Å². The Kier molecular flexibility index (Phi) is 6.69. The third kappa shape index (κ3) is 4.06. The summed E-state index contributed by atoms with van der Waals surface area (Å²) in [4.78, 5) is 0. The van der Waals surface area contributed by atoms with Gasteiger partial charge in [0.15, 0.2) is 0 Å². The molecule has 0 aromatic carbocycles. The van der Waals surface area contributed by atoms with Crippen LogP contribution in [-0.2, 0) is 24.6 Å². The Morgan fingerprint density at radius 1 is 1.40 bits per heavy atom. The van der Waals surface area contributed by atoms with E-state index in [0.29, 0.717) is 0 Å².